The van der Waals surface area contributed by atoms with Crippen molar-refractivity contribution in [3.8, 4) is 5.75 Å². The fraction of sp³-hybridized carbons (Fsp3) is 0.211. The van der Waals surface area contributed by atoms with Gasteiger partial charge in [-0.25, -0.2) is 0 Å². The Balaban J connectivity index is 1.95. The van der Waals surface area contributed by atoms with E-state index >= 15 is 0 Å². The number of aliphatic hydroxyl groups excluding tert-OH is 1. The second kappa shape index (κ2) is 8.74. The minimum Gasteiger partial charge on any atom is -0.487 e. The lowest BCUT2D eigenvalue weighted by molar-refractivity contribution is -0.116. The first kappa shape index (κ1) is 17.6. The maximum absolute atomic E-state index is 11.4. The molecule has 0 unspecified atom stereocenters. The predicted octanol–water partition coefficient (Wildman–Crippen LogP) is 2.28. The van der Waals surface area contributed by atoms with Gasteiger partial charge in [-0.15, -0.1) is 0 Å². The summed E-state index contributed by atoms with van der Waals surface area (Å²) in [4.78, 5) is 11.4. The summed E-state index contributed by atoms with van der Waals surface area (Å²) in [6, 6.07) is 13.5. The molecule has 0 aliphatic heterocycles. The molecule has 2 aromatic rings. The molecule has 0 heterocycles. The maximum Gasteiger partial charge on any atom is 0.244 e. The van der Waals surface area contributed by atoms with Gasteiger partial charge in [0, 0.05) is 12.6 Å². The van der Waals surface area contributed by atoms with Gasteiger partial charge < -0.3 is 20.9 Å². The lowest BCUT2D eigenvalue weighted by atomic mass is 10.1. The number of anilines is 1. The third-order valence-corrected chi connectivity index (χ3v) is 3.39. The van der Waals surface area contributed by atoms with Crippen molar-refractivity contribution in [2.45, 2.75) is 13.5 Å². The van der Waals surface area contributed by atoms with Crippen molar-refractivity contribution in [1.82, 2.24) is 5.32 Å². The third kappa shape index (κ3) is 5.44. The highest BCUT2D eigenvalue weighted by Crippen LogP contribution is 2.24. The van der Waals surface area contributed by atoms with Crippen LogP contribution in [0.15, 0.2) is 48.5 Å². The van der Waals surface area contributed by atoms with Gasteiger partial charge >= 0.3 is 0 Å². The Labute approximate surface area is 141 Å². The number of aryl methyl sites for hydroxylation is 1. The molecular formula is C19H22N2O3. The normalized spacial score (nSPS) is 10.8. The number of carbonyl (C=O) groups is 1. The van der Waals surface area contributed by atoms with Crippen LogP contribution in [0.3, 0.4) is 0 Å². The number of nitrogens with one attached hydrogen (secondary N) is 1. The summed E-state index contributed by atoms with van der Waals surface area (Å²) in [7, 11) is 0. The highest BCUT2D eigenvalue weighted by Gasteiger charge is 2.02. The van der Waals surface area contributed by atoms with E-state index in [2.05, 4.69) is 5.32 Å². The van der Waals surface area contributed by atoms with E-state index in [1.165, 1.54) is 11.6 Å². The van der Waals surface area contributed by atoms with E-state index in [0.717, 1.165) is 11.1 Å². The summed E-state index contributed by atoms with van der Waals surface area (Å²) in [6.07, 6.45) is 3.06. The van der Waals surface area contributed by atoms with Crippen LogP contribution >= 0.6 is 0 Å². The predicted molar refractivity (Wildman–Crippen MR) is 95.5 cm³/mol. The average Bonchev–Trinajstić information content (AvgIpc) is 2.58. The Morgan fingerprint density at radius 3 is 2.67 bits per heavy atom. The van der Waals surface area contributed by atoms with E-state index in [-0.39, 0.29) is 19.1 Å². The zero-order valence-electron chi connectivity index (χ0n) is 13.7. The molecule has 2 aromatic carbocycles. The van der Waals surface area contributed by atoms with E-state index in [9.17, 15) is 4.79 Å². The summed E-state index contributed by atoms with van der Waals surface area (Å²) in [6.45, 7) is 2.64. The summed E-state index contributed by atoms with van der Waals surface area (Å²) in [5, 5.41) is 11.2. The van der Waals surface area contributed by atoms with E-state index in [1.54, 1.807) is 18.2 Å². The molecule has 24 heavy (non-hydrogen) atoms. The molecule has 0 radical (unpaired) electrons. The minimum atomic E-state index is -0.262. The van der Waals surface area contributed by atoms with Gasteiger partial charge in [-0.1, -0.05) is 35.9 Å². The molecule has 0 fully saturated rings. The zero-order valence-corrected chi connectivity index (χ0v) is 13.7. The second-order valence-corrected chi connectivity index (χ2v) is 5.42. The number of amides is 1. The number of benzene rings is 2. The van der Waals surface area contributed by atoms with Crippen LogP contribution in [0.25, 0.3) is 6.08 Å². The minimum absolute atomic E-state index is 0.0838. The maximum atomic E-state index is 11.4. The van der Waals surface area contributed by atoms with Crippen LogP contribution in [0.2, 0.25) is 0 Å². The number of nitrogen functional groups attached to an aromatic ring is 1. The van der Waals surface area contributed by atoms with Gasteiger partial charge in [0.1, 0.15) is 12.4 Å². The average molecular weight is 326 g/mol. The first-order chi connectivity index (χ1) is 11.6. The van der Waals surface area contributed by atoms with E-state index in [4.69, 9.17) is 15.6 Å². The van der Waals surface area contributed by atoms with Crippen molar-refractivity contribution in [2.24, 2.45) is 0 Å². The Bertz CT molecular complexity index is 709. The van der Waals surface area contributed by atoms with E-state index in [1.807, 2.05) is 37.3 Å². The van der Waals surface area contributed by atoms with Gasteiger partial charge in [0.25, 0.3) is 0 Å². The number of nitrogens with two attached hydrogens (primary N) is 1. The molecule has 0 spiro atoms. The molecule has 2 rings (SSSR count). The standard InChI is InChI=1S/C19H22N2O3/c1-14-2-4-16(5-3-14)13-24-18-8-6-15(12-17(18)20)7-9-19(23)21-10-11-22/h2-9,12,22H,10-11,13,20H2,1H3,(H,21,23)/b9-7-. The lowest BCUT2D eigenvalue weighted by Gasteiger charge is -2.10. The van der Waals surface area contributed by atoms with Crippen LogP contribution in [-0.4, -0.2) is 24.2 Å². The highest BCUT2D eigenvalue weighted by molar-refractivity contribution is 5.91. The van der Waals surface area contributed by atoms with Crippen molar-refractivity contribution < 1.29 is 14.6 Å². The van der Waals surface area contributed by atoms with E-state index in [0.29, 0.717) is 18.0 Å². The molecule has 0 bridgehead atoms. The van der Waals surface area contributed by atoms with Crippen LogP contribution in [0.1, 0.15) is 16.7 Å². The van der Waals surface area contributed by atoms with Crippen molar-refractivity contribution in [2.75, 3.05) is 18.9 Å². The smallest absolute Gasteiger partial charge is 0.244 e. The Morgan fingerprint density at radius 1 is 1.25 bits per heavy atom. The van der Waals surface area contributed by atoms with Gasteiger partial charge in [-0.2, -0.15) is 0 Å². The molecule has 5 nitrogen and oxygen atoms in total. The molecular weight excluding hydrogens is 304 g/mol. The van der Waals surface area contributed by atoms with Gasteiger partial charge in [0.05, 0.1) is 12.3 Å². The number of ether oxygens (including phenoxy) is 1. The van der Waals surface area contributed by atoms with Crippen LogP contribution in [0, 0.1) is 6.92 Å². The van der Waals surface area contributed by atoms with Gasteiger partial charge in [-0.3, -0.25) is 4.79 Å². The van der Waals surface area contributed by atoms with Crippen molar-refractivity contribution in [3.63, 3.8) is 0 Å². The number of hydrogen-bond donors (Lipinski definition) is 3. The fourth-order valence-electron chi connectivity index (χ4n) is 2.06. The highest BCUT2D eigenvalue weighted by atomic mass is 16.5. The molecule has 0 saturated carbocycles. The number of carbonyl (C=O) groups excluding carboxylic acids is 1. The Morgan fingerprint density at radius 2 is 2.00 bits per heavy atom. The molecule has 0 aliphatic carbocycles. The third-order valence-electron chi connectivity index (χ3n) is 3.39. The number of rotatable bonds is 7. The molecule has 0 atom stereocenters. The van der Waals surface area contributed by atoms with Crippen molar-refractivity contribution in [1.29, 1.82) is 0 Å². The SMILES string of the molecule is Cc1ccc(COc2ccc(/C=C\C(=O)NCCO)cc2N)cc1. The molecule has 4 N–H and O–H groups in total. The van der Waals surface area contributed by atoms with Gasteiger partial charge in [0.2, 0.25) is 5.91 Å². The summed E-state index contributed by atoms with van der Waals surface area (Å²) in [5.41, 5.74) is 9.60. The Kier molecular flexibility index (Phi) is 6.40. The van der Waals surface area contributed by atoms with Crippen molar-refractivity contribution in [3.05, 3.63) is 65.2 Å². The summed E-state index contributed by atoms with van der Waals surface area (Å²) in [5.74, 6) is 0.347. The van der Waals surface area contributed by atoms with Gasteiger partial charge in [-0.05, 0) is 36.3 Å². The summed E-state index contributed by atoms with van der Waals surface area (Å²) >= 11 is 0. The zero-order chi connectivity index (χ0) is 17.4. The van der Waals surface area contributed by atoms with Crippen LogP contribution in [-0.2, 0) is 11.4 Å². The molecule has 0 aliphatic rings. The van der Waals surface area contributed by atoms with Crippen molar-refractivity contribution >= 4 is 17.7 Å². The largest absolute Gasteiger partial charge is 0.487 e. The fourth-order valence-corrected chi connectivity index (χ4v) is 2.06. The lowest BCUT2D eigenvalue weighted by Crippen LogP contribution is -2.24. The first-order valence-corrected chi connectivity index (χ1v) is 7.73. The van der Waals surface area contributed by atoms with E-state index < -0.39 is 0 Å². The number of hydrogen-bond acceptors (Lipinski definition) is 4. The van der Waals surface area contributed by atoms with Gasteiger partial charge in [0.15, 0.2) is 0 Å². The van der Waals surface area contributed by atoms with Crippen LogP contribution < -0.4 is 15.8 Å². The topological polar surface area (TPSA) is 84.6 Å². The monoisotopic (exact) mass is 326 g/mol. The molecule has 0 aromatic heterocycles. The molecule has 5 heteroatoms. The number of aliphatic hydroxyl groups is 1. The molecule has 126 valence electrons. The molecule has 1 amide bonds. The quantitative estimate of drug-likeness (QED) is 0.538. The van der Waals surface area contributed by atoms with Crippen LogP contribution in [0.4, 0.5) is 5.69 Å². The first-order valence-electron chi connectivity index (χ1n) is 7.73. The Hall–Kier alpha value is -2.79. The molecule has 0 saturated heterocycles. The summed E-state index contributed by atoms with van der Waals surface area (Å²) < 4.78 is 5.74. The van der Waals surface area contributed by atoms with Crippen LogP contribution in [0.5, 0.6) is 5.75 Å². The second-order valence-electron chi connectivity index (χ2n) is 5.42.